The zero-order valence-corrected chi connectivity index (χ0v) is 7.68. The van der Waals surface area contributed by atoms with E-state index in [0.29, 0.717) is 0 Å². The van der Waals surface area contributed by atoms with Crippen molar-refractivity contribution in [1.82, 2.24) is 10.0 Å². The van der Waals surface area contributed by atoms with Gasteiger partial charge >= 0.3 is 6.09 Å². The molecule has 0 aromatic heterocycles. The molecule has 0 aliphatic rings. The molecule has 0 spiro atoms. The van der Waals surface area contributed by atoms with E-state index < -0.39 is 22.2 Å². The van der Waals surface area contributed by atoms with Gasteiger partial charge in [0.2, 0.25) is 10.0 Å². The van der Waals surface area contributed by atoms with Crippen molar-refractivity contribution in [2.24, 2.45) is 0 Å². The normalized spacial score (nSPS) is 13.8. The maximum Gasteiger partial charge on any atom is 0.404 e. The monoisotopic (exact) mass is 196 g/mol. The van der Waals surface area contributed by atoms with E-state index in [9.17, 15) is 13.2 Å². The molecule has 0 aliphatic heterocycles. The number of nitrogens with one attached hydrogen (secondary N) is 2. The summed E-state index contributed by atoms with van der Waals surface area (Å²) in [5.74, 6) is 0. The maximum atomic E-state index is 10.5. The molecule has 7 heteroatoms. The fourth-order valence-electron chi connectivity index (χ4n) is 0.538. The van der Waals surface area contributed by atoms with E-state index in [0.717, 1.165) is 6.26 Å². The lowest BCUT2D eigenvalue weighted by Gasteiger charge is -2.10. The molecule has 0 aromatic rings. The minimum atomic E-state index is -3.24. The first kappa shape index (κ1) is 11.2. The second kappa shape index (κ2) is 4.27. The molecule has 3 N–H and O–H groups in total. The lowest BCUT2D eigenvalue weighted by Crippen LogP contribution is -2.40. The Labute approximate surface area is 71.0 Å². The molecule has 12 heavy (non-hydrogen) atoms. The number of sulfonamides is 1. The fourth-order valence-corrected chi connectivity index (χ4v) is 1.09. The van der Waals surface area contributed by atoms with Gasteiger partial charge < -0.3 is 10.4 Å². The molecule has 1 atom stereocenters. The summed E-state index contributed by atoms with van der Waals surface area (Å²) in [6.45, 7) is 1.62. The molecule has 0 unspecified atom stereocenters. The Hall–Kier alpha value is -0.820. The molecule has 1 amide bonds. The second-order valence-electron chi connectivity index (χ2n) is 2.47. The van der Waals surface area contributed by atoms with Crippen LogP contribution in [0, 0.1) is 0 Å². The van der Waals surface area contributed by atoms with Gasteiger partial charge in [-0.15, -0.1) is 0 Å². The molecular weight excluding hydrogens is 184 g/mol. The predicted octanol–water partition coefficient (Wildman–Crippen LogP) is -0.808. The Bertz CT molecular complexity index is 248. The smallest absolute Gasteiger partial charge is 0.404 e. The van der Waals surface area contributed by atoms with Crippen LogP contribution in [0.4, 0.5) is 4.79 Å². The van der Waals surface area contributed by atoms with Crippen LogP contribution < -0.4 is 10.0 Å². The average Bonchev–Trinajstić information content (AvgIpc) is 1.80. The third kappa shape index (κ3) is 7.29. The topological polar surface area (TPSA) is 95.5 Å². The molecule has 0 saturated heterocycles. The van der Waals surface area contributed by atoms with Crippen molar-refractivity contribution in [3.63, 3.8) is 0 Å². The molecule has 0 saturated carbocycles. The van der Waals surface area contributed by atoms with Gasteiger partial charge in [0, 0.05) is 12.6 Å². The van der Waals surface area contributed by atoms with Crippen LogP contribution in [0.25, 0.3) is 0 Å². The third-order valence-electron chi connectivity index (χ3n) is 1.02. The van der Waals surface area contributed by atoms with Gasteiger partial charge in [-0.2, -0.15) is 0 Å². The highest BCUT2D eigenvalue weighted by Crippen LogP contribution is 1.81. The summed E-state index contributed by atoms with van der Waals surface area (Å²) in [5.41, 5.74) is 0. The van der Waals surface area contributed by atoms with Gasteiger partial charge in [-0.05, 0) is 6.92 Å². The van der Waals surface area contributed by atoms with Crippen molar-refractivity contribution in [2.75, 3.05) is 12.8 Å². The van der Waals surface area contributed by atoms with Crippen LogP contribution in [0.1, 0.15) is 6.92 Å². The molecule has 0 bridgehead atoms. The van der Waals surface area contributed by atoms with E-state index in [2.05, 4.69) is 10.0 Å². The third-order valence-corrected chi connectivity index (χ3v) is 1.71. The Morgan fingerprint density at radius 3 is 2.42 bits per heavy atom. The van der Waals surface area contributed by atoms with Crippen LogP contribution in [0.2, 0.25) is 0 Å². The van der Waals surface area contributed by atoms with E-state index in [1.165, 1.54) is 0 Å². The molecule has 0 radical (unpaired) electrons. The first-order chi connectivity index (χ1) is 5.31. The van der Waals surface area contributed by atoms with Crippen molar-refractivity contribution in [3.8, 4) is 0 Å². The summed E-state index contributed by atoms with van der Waals surface area (Å²) in [4.78, 5) is 10.0. The van der Waals surface area contributed by atoms with Gasteiger partial charge in [0.05, 0.1) is 6.26 Å². The first-order valence-electron chi connectivity index (χ1n) is 3.25. The van der Waals surface area contributed by atoms with Gasteiger partial charge in [0.25, 0.3) is 0 Å². The first-order valence-corrected chi connectivity index (χ1v) is 5.14. The minimum absolute atomic E-state index is 0.0606. The van der Waals surface area contributed by atoms with E-state index in [4.69, 9.17) is 5.11 Å². The van der Waals surface area contributed by atoms with Crippen LogP contribution in [0.3, 0.4) is 0 Å². The zero-order chi connectivity index (χ0) is 9.78. The Morgan fingerprint density at radius 2 is 2.08 bits per heavy atom. The van der Waals surface area contributed by atoms with E-state index in [1.54, 1.807) is 6.92 Å². The average molecular weight is 196 g/mol. The second-order valence-corrected chi connectivity index (χ2v) is 4.30. The summed E-state index contributed by atoms with van der Waals surface area (Å²) in [6.07, 6.45) is -0.154. The van der Waals surface area contributed by atoms with Crippen LogP contribution in [0.15, 0.2) is 0 Å². The van der Waals surface area contributed by atoms with Gasteiger partial charge in [-0.1, -0.05) is 0 Å². The number of amides is 1. The minimum Gasteiger partial charge on any atom is -0.465 e. The highest BCUT2D eigenvalue weighted by Gasteiger charge is 2.07. The molecular formula is C5H12N2O4S. The molecule has 0 aromatic carbocycles. The Balaban J connectivity index is 3.72. The lowest BCUT2D eigenvalue weighted by atomic mass is 10.3. The van der Waals surface area contributed by atoms with Crippen molar-refractivity contribution in [3.05, 3.63) is 0 Å². The van der Waals surface area contributed by atoms with Gasteiger partial charge in [0.1, 0.15) is 0 Å². The molecule has 6 nitrogen and oxygen atoms in total. The summed E-state index contributed by atoms with van der Waals surface area (Å²) in [6, 6.07) is -0.433. The molecule has 0 heterocycles. The summed E-state index contributed by atoms with van der Waals surface area (Å²) in [7, 11) is -3.24. The standard InChI is InChI=1S/C5H12N2O4S/c1-4(7-5(8)9)3-6-12(2,10)11/h4,6-7H,3H2,1-2H3,(H,8,9)/t4-/m1/s1. The highest BCUT2D eigenvalue weighted by molar-refractivity contribution is 7.88. The zero-order valence-electron chi connectivity index (χ0n) is 6.86. The Kier molecular flexibility index (Phi) is 3.98. The van der Waals surface area contributed by atoms with Gasteiger partial charge in [-0.25, -0.2) is 17.9 Å². The highest BCUT2D eigenvalue weighted by atomic mass is 32.2. The maximum absolute atomic E-state index is 10.5. The van der Waals surface area contributed by atoms with E-state index >= 15 is 0 Å². The summed E-state index contributed by atoms with van der Waals surface area (Å²) < 4.78 is 23.2. The molecule has 72 valence electrons. The SMILES string of the molecule is C[C@H](CNS(C)(=O)=O)NC(=O)O. The molecule has 0 fully saturated rings. The van der Waals surface area contributed by atoms with E-state index in [1.807, 2.05) is 0 Å². The van der Waals surface area contributed by atoms with Gasteiger partial charge in [0.15, 0.2) is 0 Å². The Morgan fingerprint density at radius 1 is 1.58 bits per heavy atom. The quantitative estimate of drug-likeness (QED) is 0.548. The van der Waals surface area contributed by atoms with Crippen molar-refractivity contribution >= 4 is 16.1 Å². The van der Waals surface area contributed by atoms with Gasteiger partial charge in [-0.3, -0.25) is 0 Å². The van der Waals surface area contributed by atoms with Crippen LogP contribution in [-0.4, -0.2) is 38.5 Å². The number of rotatable bonds is 4. The van der Waals surface area contributed by atoms with Crippen molar-refractivity contribution < 1.29 is 18.3 Å². The molecule has 0 aliphatic carbocycles. The fraction of sp³-hybridized carbons (Fsp3) is 0.800. The summed E-state index contributed by atoms with van der Waals surface area (Å²) in [5, 5.41) is 10.3. The van der Waals surface area contributed by atoms with E-state index in [-0.39, 0.29) is 6.54 Å². The summed E-state index contributed by atoms with van der Waals surface area (Å²) >= 11 is 0. The van der Waals surface area contributed by atoms with Crippen LogP contribution in [0.5, 0.6) is 0 Å². The largest absolute Gasteiger partial charge is 0.465 e. The molecule has 0 rings (SSSR count). The predicted molar refractivity (Wildman–Crippen MR) is 43.5 cm³/mol. The number of hydrogen-bond acceptors (Lipinski definition) is 3. The number of carboxylic acid groups (broad SMARTS) is 1. The van der Waals surface area contributed by atoms with Crippen LogP contribution >= 0.6 is 0 Å². The lowest BCUT2D eigenvalue weighted by molar-refractivity contribution is 0.191. The van der Waals surface area contributed by atoms with Crippen LogP contribution in [-0.2, 0) is 10.0 Å². The van der Waals surface area contributed by atoms with Crippen molar-refractivity contribution in [2.45, 2.75) is 13.0 Å². The number of hydrogen-bond donors (Lipinski definition) is 3. The van der Waals surface area contributed by atoms with Crippen molar-refractivity contribution in [1.29, 1.82) is 0 Å². The number of carbonyl (C=O) groups is 1.